The number of hydrogen-bond acceptors (Lipinski definition) is 6. The van der Waals surface area contributed by atoms with Gasteiger partial charge in [-0.2, -0.15) is 10.5 Å². The van der Waals surface area contributed by atoms with Gasteiger partial charge in [-0.15, -0.1) is 6.42 Å². The highest BCUT2D eigenvalue weighted by atomic mass is 16.2. The molecule has 2 heterocycles. The number of aryl methyl sites for hydroxylation is 1. The molecule has 7 heteroatoms. The molecule has 2 N–H and O–H groups in total. The predicted molar refractivity (Wildman–Crippen MR) is 102 cm³/mol. The Morgan fingerprint density at radius 2 is 2.07 bits per heavy atom. The second-order valence-corrected chi connectivity index (χ2v) is 7.26. The Morgan fingerprint density at radius 3 is 2.70 bits per heavy atom. The van der Waals surface area contributed by atoms with Crippen molar-refractivity contribution in [3.63, 3.8) is 0 Å². The first kappa shape index (κ1) is 20.2. The molecular formula is C20H24N6O. The van der Waals surface area contributed by atoms with E-state index in [-0.39, 0.29) is 18.5 Å². The zero-order valence-corrected chi connectivity index (χ0v) is 15.9. The summed E-state index contributed by atoms with van der Waals surface area (Å²) in [7, 11) is 0. The molecule has 27 heavy (non-hydrogen) atoms. The van der Waals surface area contributed by atoms with Crippen molar-refractivity contribution in [3.8, 4) is 24.5 Å². The number of rotatable bonds is 6. The van der Waals surface area contributed by atoms with Crippen molar-refractivity contribution >= 4 is 11.7 Å². The molecule has 1 aromatic rings. The fraction of sp³-hybridized carbons (Fsp3) is 0.500. The SMILES string of the molecule is C#CC1CC[C@H](C#N)N1C(=O)CNC(C)(C)CNc1nc(C)ccc1C#N. The van der Waals surface area contributed by atoms with Crippen LogP contribution in [0, 0.1) is 41.9 Å². The maximum atomic E-state index is 12.6. The van der Waals surface area contributed by atoms with Crippen LogP contribution in [0.1, 0.15) is 37.9 Å². The Morgan fingerprint density at radius 1 is 1.37 bits per heavy atom. The monoisotopic (exact) mass is 364 g/mol. The minimum atomic E-state index is -0.462. The molecule has 1 saturated heterocycles. The highest BCUT2D eigenvalue weighted by molar-refractivity contribution is 5.80. The van der Waals surface area contributed by atoms with Crippen LogP contribution in [0.15, 0.2) is 12.1 Å². The number of likely N-dealkylation sites (tertiary alicyclic amines) is 1. The summed E-state index contributed by atoms with van der Waals surface area (Å²) in [5, 5.41) is 24.8. The van der Waals surface area contributed by atoms with Crippen molar-refractivity contribution < 1.29 is 4.79 Å². The Kier molecular flexibility index (Phi) is 6.40. The van der Waals surface area contributed by atoms with Gasteiger partial charge >= 0.3 is 0 Å². The summed E-state index contributed by atoms with van der Waals surface area (Å²) in [5.74, 6) is 2.94. The molecule has 1 aliphatic rings. The topological polar surface area (TPSA) is 105 Å². The van der Waals surface area contributed by atoms with Gasteiger partial charge in [-0.3, -0.25) is 4.79 Å². The summed E-state index contributed by atoms with van der Waals surface area (Å²) in [6.45, 7) is 6.29. The van der Waals surface area contributed by atoms with Crippen molar-refractivity contribution in [2.45, 2.75) is 51.2 Å². The lowest BCUT2D eigenvalue weighted by molar-refractivity contribution is -0.131. The number of anilines is 1. The summed E-state index contributed by atoms with van der Waals surface area (Å²) in [5.41, 5.74) is 0.842. The van der Waals surface area contributed by atoms with E-state index in [1.165, 1.54) is 4.90 Å². The minimum Gasteiger partial charge on any atom is -0.367 e. The molecule has 0 radical (unpaired) electrons. The quantitative estimate of drug-likeness (QED) is 0.742. The summed E-state index contributed by atoms with van der Waals surface area (Å²) in [6.07, 6.45) is 6.76. The van der Waals surface area contributed by atoms with E-state index in [1.807, 2.05) is 20.8 Å². The first-order valence-electron chi connectivity index (χ1n) is 8.85. The zero-order chi connectivity index (χ0) is 20.0. The van der Waals surface area contributed by atoms with Crippen LogP contribution in [0.5, 0.6) is 0 Å². The van der Waals surface area contributed by atoms with Gasteiger partial charge < -0.3 is 15.5 Å². The standard InChI is InChI=1S/C20H24N6O/c1-5-16-8-9-17(11-22)26(16)18(27)12-24-20(3,4)13-23-19-15(10-21)7-6-14(2)25-19/h1,6-7,16-17,24H,8-9,12-13H2,2-4H3,(H,23,25)/t16?,17-/m1/s1. The third-order valence-electron chi connectivity index (χ3n) is 4.59. The molecule has 0 aliphatic carbocycles. The number of aromatic nitrogens is 1. The maximum Gasteiger partial charge on any atom is 0.238 e. The van der Waals surface area contributed by atoms with E-state index in [0.29, 0.717) is 30.8 Å². The molecule has 1 amide bonds. The fourth-order valence-electron chi connectivity index (χ4n) is 3.00. The second kappa shape index (κ2) is 8.54. The van der Waals surface area contributed by atoms with E-state index in [4.69, 9.17) is 6.42 Å². The van der Waals surface area contributed by atoms with Crippen LogP contribution in [-0.2, 0) is 4.79 Å². The van der Waals surface area contributed by atoms with Crippen molar-refractivity contribution in [1.82, 2.24) is 15.2 Å². The molecule has 1 aromatic heterocycles. The van der Waals surface area contributed by atoms with Crippen molar-refractivity contribution in [1.29, 1.82) is 10.5 Å². The summed E-state index contributed by atoms with van der Waals surface area (Å²) in [4.78, 5) is 18.4. The van der Waals surface area contributed by atoms with Gasteiger partial charge in [0.25, 0.3) is 0 Å². The number of carbonyl (C=O) groups is 1. The average Bonchev–Trinajstić information content (AvgIpc) is 3.08. The Bertz CT molecular complexity index is 804. The number of nitriles is 2. The largest absolute Gasteiger partial charge is 0.367 e. The van der Waals surface area contributed by atoms with Crippen LogP contribution in [0.25, 0.3) is 0 Å². The summed E-state index contributed by atoms with van der Waals surface area (Å²) < 4.78 is 0. The minimum absolute atomic E-state index is 0.0807. The molecular weight excluding hydrogens is 340 g/mol. The molecule has 140 valence electrons. The molecule has 0 saturated carbocycles. The fourth-order valence-corrected chi connectivity index (χ4v) is 3.00. The Hall–Kier alpha value is -3.08. The van der Waals surface area contributed by atoms with Gasteiger partial charge in [0.2, 0.25) is 5.91 Å². The highest BCUT2D eigenvalue weighted by Crippen LogP contribution is 2.23. The van der Waals surface area contributed by atoms with E-state index in [1.54, 1.807) is 12.1 Å². The van der Waals surface area contributed by atoms with Gasteiger partial charge in [-0.05, 0) is 45.7 Å². The molecule has 2 atom stereocenters. The number of amides is 1. The van der Waals surface area contributed by atoms with Gasteiger partial charge in [0, 0.05) is 17.8 Å². The molecule has 7 nitrogen and oxygen atoms in total. The van der Waals surface area contributed by atoms with Gasteiger partial charge in [0.05, 0.1) is 24.2 Å². The smallest absolute Gasteiger partial charge is 0.238 e. The van der Waals surface area contributed by atoms with Gasteiger partial charge in [-0.1, -0.05) is 5.92 Å². The molecule has 0 bridgehead atoms. The zero-order valence-electron chi connectivity index (χ0n) is 15.9. The summed E-state index contributed by atoms with van der Waals surface area (Å²) in [6, 6.07) is 7.00. The van der Waals surface area contributed by atoms with Crippen LogP contribution < -0.4 is 10.6 Å². The van der Waals surface area contributed by atoms with Crippen molar-refractivity contribution in [3.05, 3.63) is 23.4 Å². The van der Waals surface area contributed by atoms with Crippen LogP contribution in [-0.4, -0.2) is 46.5 Å². The molecule has 1 aliphatic heterocycles. The van der Waals surface area contributed by atoms with Gasteiger partial charge in [-0.25, -0.2) is 4.98 Å². The normalized spacial score (nSPS) is 19.0. The lowest BCUT2D eigenvalue weighted by atomic mass is 10.1. The predicted octanol–water partition coefficient (Wildman–Crippen LogP) is 1.56. The van der Waals surface area contributed by atoms with Crippen LogP contribution in [0.2, 0.25) is 0 Å². The number of carbonyl (C=O) groups excluding carboxylic acids is 1. The Labute approximate surface area is 160 Å². The molecule has 0 spiro atoms. The lowest BCUT2D eigenvalue weighted by Gasteiger charge is -2.30. The molecule has 2 rings (SSSR count). The Balaban J connectivity index is 1.96. The van der Waals surface area contributed by atoms with E-state index < -0.39 is 11.6 Å². The maximum absolute atomic E-state index is 12.6. The molecule has 1 fully saturated rings. The third-order valence-corrected chi connectivity index (χ3v) is 4.59. The van der Waals surface area contributed by atoms with Crippen LogP contribution in [0.3, 0.4) is 0 Å². The van der Waals surface area contributed by atoms with Crippen molar-refractivity contribution in [2.75, 3.05) is 18.4 Å². The van der Waals surface area contributed by atoms with E-state index in [2.05, 4.69) is 33.7 Å². The van der Waals surface area contributed by atoms with Crippen molar-refractivity contribution in [2.24, 2.45) is 0 Å². The van der Waals surface area contributed by atoms with Crippen LogP contribution in [0.4, 0.5) is 5.82 Å². The van der Waals surface area contributed by atoms with Gasteiger partial charge in [0.15, 0.2) is 0 Å². The number of pyridine rings is 1. The van der Waals surface area contributed by atoms with E-state index in [9.17, 15) is 15.3 Å². The lowest BCUT2D eigenvalue weighted by Crippen LogP contribution is -2.52. The number of terminal acetylenes is 1. The van der Waals surface area contributed by atoms with Gasteiger partial charge in [0.1, 0.15) is 17.9 Å². The number of nitrogens with one attached hydrogen (secondary N) is 2. The number of nitrogens with zero attached hydrogens (tertiary/aromatic N) is 4. The third kappa shape index (κ3) is 4.97. The average molecular weight is 364 g/mol. The van der Waals surface area contributed by atoms with E-state index >= 15 is 0 Å². The highest BCUT2D eigenvalue weighted by Gasteiger charge is 2.36. The second-order valence-electron chi connectivity index (χ2n) is 7.26. The molecule has 0 aromatic carbocycles. The number of hydrogen-bond donors (Lipinski definition) is 2. The van der Waals surface area contributed by atoms with Crippen LogP contribution >= 0.6 is 0 Å². The first-order chi connectivity index (χ1) is 12.8. The first-order valence-corrected chi connectivity index (χ1v) is 8.85. The summed E-state index contributed by atoms with van der Waals surface area (Å²) >= 11 is 0. The van der Waals surface area contributed by atoms with E-state index in [0.717, 1.165) is 5.69 Å². The molecule has 1 unspecified atom stereocenters.